The van der Waals surface area contributed by atoms with E-state index >= 15 is 0 Å². The van der Waals surface area contributed by atoms with E-state index in [-0.39, 0.29) is 18.0 Å². The van der Waals surface area contributed by atoms with Gasteiger partial charge in [-0.15, -0.1) is 0 Å². The number of nitrogens with zero attached hydrogens (tertiary/aromatic N) is 3. The molecule has 1 amide bonds. The number of carbonyl (C=O) groups excluding carboxylic acids is 1. The molecule has 1 aliphatic heterocycles. The Hall–Kier alpha value is -4.17. The highest BCUT2D eigenvalue weighted by molar-refractivity contribution is 7.80. The summed E-state index contributed by atoms with van der Waals surface area (Å²) in [5, 5.41) is 7.02. The first-order chi connectivity index (χ1) is 18.8. The van der Waals surface area contributed by atoms with E-state index in [1.807, 2.05) is 42.6 Å². The number of anilines is 2. The highest BCUT2D eigenvalue weighted by Crippen LogP contribution is 2.45. The minimum Gasteiger partial charge on any atom is -0.495 e. The molecular formula is C31H33N5O2S. The third-order valence-corrected chi connectivity index (χ3v) is 7.59. The predicted molar refractivity (Wildman–Crippen MR) is 160 cm³/mol. The maximum absolute atomic E-state index is 11.9. The molecule has 0 bridgehead atoms. The van der Waals surface area contributed by atoms with Gasteiger partial charge in [0.15, 0.2) is 5.11 Å². The highest BCUT2D eigenvalue weighted by Gasteiger charge is 2.42. The Morgan fingerprint density at radius 2 is 1.87 bits per heavy atom. The van der Waals surface area contributed by atoms with Crippen LogP contribution in [0.25, 0.3) is 5.69 Å². The van der Waals surface area contributed by atoms with E-state index in [0.717, 1.165) is 34.8 Å². The average molecular weight is 540 g/mol. The molecule has 0 aliphatic carbocycles. The molecule has 7 nitrogen and oxygen atoms in total. The van der Waals surface area contributed by atoms with Gasteiger partial charge in [0.1, 0.15) is 5.75 Å². The smallest absolute Gasteiger partial charge is 0.221 e. The molecule has 1 aliphatic rings. The van der Waals surface area contributed by atoms with Crippen molar-refractivity contribution in [3.8, 4) is 11.4 Å². The lowest BCUT2D eigenvalue weighted by Gasteiger charge is -2.29. The summed E-state index contributed by atoms with van der Waals surface area (Å²) >= 11 is 5.95. The van der Waals surface area contributed by atoms with Gasteiger partial charge in [-0.3, -0.25) is 9.78 Å². The Bertz CT molecular complexity index is 1530. The average Bonchev–Trinajstić information content (AvgIpc) is 3.43. The maximum atomic E-state index is 11.9. The lowest BCUT2D eigenvalue weighted by molar-refractivity contribution is -0.114. The molecule has 2 N–H and O–H groups in total. The number of aryl methyl sites for hydroxylation is 2. The molecule has 0 spiro atoms. The lowest BCUT2D eigenvalue weighted by Crippen LogP contribution is -2.29. The van der Waals surface area contributed by atoms with Crippen LogP contribution in [0, 0.1) is 13.8 Å². The van der Waals surface area contributed by atoms with Crippen LogP contribution >= 0.6 is 12.2 Å². The number of nitrogens with one attached hydrogen (secondary N) is 2. The minimum atomic E-state index is -0.181. The summed E-state index contributed by atoms with van der Waals surface area (Å²) in [5.74, 6) is 0.410. The summed E-state index contributed by atoms with van der Waals surface area (Å²) in [6, 6.07) is 22.1. The maximum Gasteiger partial charge on any atom is 0.221 e. The van der Waals surface area contributed by atoms with Crippen molar-refractivity contribution in [2.75, 3.05) is 17.3 Å². The number of thiocarbonyl (C=S) groups is 1. The number of benzene rings is 2. The number of aromatic nitrogens is 2. The van der Waals surface area contributed by atoms with Crippen LogP contribution in [0.4, 0.5) is 11.4 Å². The van der Waals surface area contributed by atoms with E-state index in [4.69, 9.17) is 21.9 Å². The zero-order valence-corrected chi connectivity index (χ0v) is 23.7. The number of para-hydroxylation sites is 1. The number of carbonyl (C=O) groups is 1. The van der Waals surface area contributed by atoms with E-state index in [0.29, 0.717) is 16.5 Å². The van der Waals surface area contributed by atoms with Gasteiger partial charge in [0.2, 0.25) is 5.91 Å². The number of rotatable bonds is 7. The number of pyridine rings is 1. The van der Waals surface area contributed by atoms with Crippen LogP contribution < -0.4 is 20.3 Å². The molecule has 39 heavy (non-hydrogen) atoms. The van der Waals surface area contributed by atoms with Crippen LogP contribution in [0.2, 0.25) is 0 Å². The third-order valence-electron chi connectivity index (χ3n) is 7.27. The first-order valence-electron chi connectivity index (χ1n) is 13.1. The Balaban J connectivity index is 1.69. The molecule has 2 unspecified atom stereocenters. The van der Waals surface area contributed by atoms with Crippen molar-refractivity contribution < 1.29 is 9.53 Å². The molecule has 0 saturated carbocycles. The van der Waals surface area contributed by atoms with Crippen LogP contribution in [0.1, 0.15) is 54.1 Å². The minimum absolute atomic E-state index is 0.173. The summed E-state index contributed by atoms with van der Waals surface area (Å²) in [6.45, 7) is 7.98. The van der Waals surface area contributed by atoms with Crippen molar-refractivity contribution in [1.82, 2.24) is 14.9 Å². The van der Waals surface area contributed by atoms with Crippen molar-refractivity contribution in [1.29, 1.82) is 0 Å². The quantitative estimate of drug-likeness (QED) is 0.273. The summed E-state index contributed by atoms with van der Waals surface area (Å²) in [7, 11) is 1.59. The molecule has 1 saturated heterocycles. The second-order valence-corrected chi connectivity index (χ2v) is 10.1. The summed E-state index contributed by atoms with van der Waals surface area (Å²) in [5.41, 5.74) is 8.26. The number of hydrogen-bond acceptors (Lipinski definition) is 4. The van der Waals surface area contributed by atoms with Crippen LogP contribution in [-0.2, 0) is 11.2 Å². The molecule has 5 rings (SSSR count). The topological polar surface area (TPSA) is 71.4 Å². The van der Waals surface area contributed by atoms with E-state index in [1.54, 1.807) is 7.11 Å². The fourth-order valence-corrected chi connectivity index (χ4v) is 5.91. The van der Waals surface area contributed by atoms with Gasteiger partial charge < -0.3 is 24.8 Å². The zero-order chi connectivity index (χ0) is 27.7. The molecular weight excluding hydrogens is 506 g/mol. The summed E-state index contributed by atoms with van der Waals surface area (Å²) < 4.78 is 7.84. The number of amides is 1. The van der Waals surface area contributed by atoms with Crippen molar-refractivity contribution >= 4 is 34.6 Å². The fourth-order valence-electron chi connectivity index (χ4n) is 5.57. The van der Waals surface area contributed by atoms with E-state index in [1.165, 1.54) is 18.2 Å². The Morgan fingerprint density at radius 3 is 2.56 bits per heavy atom. The molecule has 3 heterocycles. The molecule has 2 atom stereocenters. The van der Waals surface area contributed by atoms with Gasteiger partial charge in [-0.25, -0.2) is 0 Å². The van der Waals surface area contributed by atoms with Crippen molar-refractivity contribution in [3.05, 3.63) is 101 Å². The Kier molecular flexibility index (Phi) is 7.39. The lowest BCUT2D eigenvalue weighted by atomic mass is 9.96. The summed E-state index contributed by atoms with van der Waals surface area (Å²) in [4.78, 5) is 18.8. The van der Waals surface area contributed by atoms with Gasteiger partial charge >= 0.3 is 0 Å². The first-order valence-corrected chi connectivity index (χ1v) is 13.5. The van der Waals surface area contributed by atoms with E-state index in [9.17, 15) is 4.79 Å². The van der Waals surface area contributed by atoms with E-state index < -0.39 is 0 Å². The molecule has 2 aromatic heterocycles. The van der Waals surface area contributed by atoms with Gasteiger partial charge in [-0.1, -0.05) is 31.2 Å². The number of hydrogen-bond donors (Lipinski definition) is 2. The SMILES string of the molecule is CCc1ccccc1-n1c(C)cc(C2C(c3ccccn3)NC(=S)N2c2ccc(OC)c(NC(C)=O)c2)c1C. The number of ether oxygens (including phenoxy) is 1. The van der Waals surface area contributed by atoms with Gasteiger partial charge in [0, 0.05) is 35.9 Å². The van der Waals surface area contributed by atoms with Crippen molar-refractivity contribution in [3.63, 3.8) is 0 Å². The Morgan fingerprint density at radius 1 is 1.10 bits per heavy atom. The predicted octanol–water partition coefficient (Wildman–Crippen LogP) is 6.20. The molecule has 2 aromatic carbocycles. The van der Waals surface area contributed by atoms with Crippen molar-refractivity contribution in [2.45, 2.75) is 46.2 Å². The largest absolute Gasteiger partial charge is 0.495 e. The fraction of sp³-hybridized carbons (Fsp3) is 0.258. The third kappa shape index (κ3) is 4.88. The standard InChI is InChI=1S/C31H33N5O2S/c1-6-22-11-7-8-13-27(22)35-19(2)17-24(20(35)3)30-29(25-12-9-10-16-32-25)34-31(39)36(30)23-14-15-28(38-5)26(18-23)33-21(4)37/h7-18,29-30H,6H2,1-5H3,(H,33,37)(H,34,39). The molecule has 8 heteroatoms. The molecule has 200 valence electrons. The molecule has 4 aromatic rings. The second kappa shape index (κ2) is 10.9. The van der Waals surface area contributed by atoms with Crippen LogP contribution in [0.3, 0.4) is 0 Å². The van der Waals surface area contributed by atoms with Crippen LogP contribution in [0.5, 0.6) is 5.75 Å². The number of methoxy groups -OCH3 is 1. The van der Waals surface area contributed by atoms with Gasteiger partial charge in [-0.05, 0) is 86.1 Å². The van der Waals surface area contributed by atoms with Crippen LogP contribution in [-0.4, -0.2) is 27.7 Å². The van der Waals surface area contributed by atoms with Crippen LogP contribution in [0.15, 0.2) is 72.9 Å². The first kappa shape index (κ1) is 26.4. The van der Waals surface area contributed by atoms with Gasteiger partial charge in [0.25, 0.3) is 0 Å². The second-order valence-electron chi connectivity index (χ2n) is 9.71. The zero-order valence-electron chi connectivity index (χ0n) is 22.9. The normalized spacial score (nSPS) is 16.7. The van der Waals surface area contributed by atoms with Crippen molar-refractivity contribution in [2.24, 2.45) is 0 Å². The summed E-state index contributed by atoms with van der Waals surface area (Å²) in [6.07, 6.45) is 2.75. The van der Waals surface area contributed by atoms with Gasteiger partial charge in [0.05, 0.1) is 30.6 Å². The molecule has 0 radical (unpaired) electrons. The highest BCUT2D eigenvalue weighted by atomic mass is 32.1. The molecule has 1 fully saturated rings. The monoisotopic (exact) mass is 539 g/mol. The Labute approximate surface area is 234 Å². The van der Waals surface area contributed by atoms with Gasteiger partial charge in [-0.2, -0.15) is 0 Å². The van der Waals surface area contributed by atoms with E-state index in [2.05, 4.69) is 71.2 Å².